The van der Waals surface area contributed by atoms with Crippen molar-refractivity contribution < 1.29 is 28.7 Å². The lowest BCUT2D eigenvalue weighted by molar-refractivity contribution is -0.140. The molecule has 4 atom stereocenters. The number of imide groups is 2. The quantitative estimate of drug-likeness (QED) is 0.366. The number of anilines is 2. The van der Waals surface area contributed by atoms with Crippen molar-refractivity contribution in [1.82, 2.24) is 0 Å². The van der Waals surface area contributed by atoms with Crippen LogP contribution in [0.2, 0.25) is 0 Å². The van der Waals surface area contributed by atoms with E-state index in [1.54, 1.807) is 62.8 Å². The van der Waals surface area contributed by atoms with Crippen molar-refractivity contribution in [1.29, 1.82) is 0 Å². The van der Waals surface area contributed by atoms with Gasteiger partial charge in [-0.25, -0.2) is 9.80 Å². The summed E-state index contributed by atoms with van der Waals surface area (Å²) in [6.45, 7) is 0. The molecule has 0 aromatic heterocycles. The first-order valence-electron chi connectivity index (χ1n) is 13.2. The average molecular weight is 535 g/mol. The standard InChI is InChI=1S/C32H26N2O6/c1-39-21-12-8-19(9-13-21)33-28(35)24-23-16-17-32(26(24)30(33)37,18-6-4-3-5-7-18)27-25(23)29(36)34(31(27)38)20-10-14-22(40-2)15-11-20/h3-17,23-27H,1-2H3/t23?,24-,25-,26-,27-,32?/m1/s1. The molecule has 8 heteroatoms. The van der Waals surface area contributed by atoms with Crippen LogP contribution in [0.4, 0.5) is 11.4 Å². The SMILES string of the molecule is COc1ccc(N2C(=O)[C@@H]3C4C=CC(c5ccccc5)([C@H]3C2=O)[C@H]2C(=O)N(c3ccc(OC)cc3)C(=O)[C@H]42)cc1. The van der Waals surface area contributed by atoms with E-state index >= 15 is 0 Å². The third-order valence-electron chi connectivity index (χ3n) is 9.09. The third kappa shape index (κ3) is 3.01. The summed E-state index contributed by atoms with van der Waals surface area (Å²) in [6, 6.07) is 22.9. The van der Waals surface area contributed by atoms with Gasteiger partial charge in [0, 0.05) is 11.3 Å². The molecule has 3 aromatic rings. The maximum absolute atomic E-state index is 14.3. The molecular formula is C32H26N2O6. The van der Waals surface area contributed by atoms with Gasteiger partial charge in [-0.1, -0.05) is 42.5 Å². The predicted molar refractivity (Wildman–Crippen MR) is 146 cm³/mol. The minimum Gasteiger partial charge on any atom is -0.497 e. The highest BCUT2D eigenvalue weighted by molar-refractivity contribution is 6.27. The number of carbonyl (C=O) groups is 4. The second-order valence-corrected chi connectivity index (χ2v) is 10.7. The number of hydrogen-bond acceptors (Lipinski definition) is 6. The second-order valence-electron chi connectivity index (χ2n) is 10.7. The molecule has 8 rings (SSSR count). The molecule has 5 aliphatic rings. The number of carbonyl (C=O) groups excluding carboxylic acids is 4. The summed E-state index contributed by atoms with van der Waals surface area (Å²) in [7, 11) is 3.09. The summed E-state index contributed by atoms with van der Waals surface area (Å²) in [5.41, 5.74) is 0.462. The third-order valence-corrected chi connectivity index (χ3v) is 9.09. The average Bonchev–Trinajstić information content (AvgIpc) is 3.44. The molecule has 2 heterocycles. The number of nitrogens with zero attached hydrogens (tertiary/aromatic N) is 2. The Morgan fingerprint density at radius 1 is 0.600 bits per heavy atom. The molecule has 0 unspecified atom stereocenters. The molecule has 40 heavy (non-hydrogen) atoms. The molecular weight excluding hydrogens is 508 g/mol. The Bertz CT molecular complexity index is 1490. The van der Waals surface area contributed by atoms with E-state index in [-0.39, 0.29) is 23.6 Å². The second kappa shape index (κ2) is 8.64. The molecule has 3 aromatic carbocycles. The van der Waals surface area contributed by atoms with E-state index in [2.05, 4.69) is 0 Å². The van der Waals surface area contributed by atoms with Gasteiger partial charge >= 0.3 is 0 Å². The predicted octanol–water partition coefficient (Wildman–Crippen LogP) is 3.75. The van der Waals surface area contributed by atoms with Gasteiger partial charge in [0.25, 0.3) is 0 Å². The Labute approximate surface area is 230 Å². The van der Waals surface area contributed by atoms with Gasteiger partial charge < -0.3 is 9.47 Å². The number of allylic oxidation sites excluding steroid dienone is 2. The van der Waals surface area contributed by atoms with Crippen molar-refractivity contribution in [3.05, 3.63) is 96.6 Å². The molecule has 200 valence electrons. The van der Waals surface area contributed by atoms with Crippen molar-refractivity contribution in [2.75, 3.05) is 24.0 Å². The molecule has 1 saturated carbocycles. The van der Waals surface area contributed by atoms with E-state index < -0.39 is 35.0 Å². The molecule has 2 aliphatic heterocycles. The van der Waals surface area contributed by atoms with Crippen molar-refractivity contribution in [3.8, 4) is 11.5 Å². The number of ether oxygens (including phenoxy) is 2. The van der Waals surface area contributed by atoms with Crippen molar-refractivity contribution in [3.63, 3.8) is 0 Å². The largest absolute Gasteiger partial charge is 0.497 e. The Kier molecular flexibility index (Phi) is 5.26. The number of rotatable bonds is 5. The maximum atomic E-state index is 14.3. The first-order chi connectivity index (χ1) is 19.4. The van der Waals surface area contributed by atoms with E-state index in [4.69, 9.17) is 9.47 Å². The lowest BCUT2D eigenvalue weighted by Crippen LogP contribution is -2.60. The van der Waals surface area contributed by atoms with Gasteiger partial charge in [-0.15, -0.1) is 0 Å². The molecule has 2 bridgehead atoms. The highest BCUT2D eigenvalue weighted by Crippen LogP contribution is 2.65. The molecule has 8 nitrogen and oxygen atoms in total. The van der Waals surface area contributed by atoms with E-state index in [0.717, 1.165) is 5.56 Å². The number of hydrogen-bond donors (Lipinski definition) is 0. The van der Waals surface area contributed by atoms with Gasteiger partial charge in [-0.3, -0.25) is 19.2 Å². The first-order valence-corrected chi connectivity index (χ1v) is 13.2. The fraction of sp³-hybridized carbons (Fsp3) is 0.250. The van der Waals surface area contributed by atoms with Gasteiger partial charge in [-0.2, -0.15) is 0 Å². The van der Waals surface area contributed by atoms with Crippen LogP contribution in [0, 0.1) is 29.6 Å². The number of benzene rings is 3. The minimum absolute atomic E-state index is 0.351. The minimum atomic E-state index is -1.16. The molecule has 0 N–H and O–H groups in total. The normalized spacial score (nSPS) is 30.1. The van der Waals surface area contributed by atoms with Gasteiger partial charge in [-0.05, 0) is 54.1 Å². The summed E-state index contributed by atoms with van der Waals surface area (Å²) in [4.78, 5) is 59.2. The Morgan fingerprint density at radius 2 is 1.05 bits per heavy atom. The zero-order valence-electron chi connectivity index (χ0n) is 21.9. The molecule has 0 spiro atoms. The van der Waals surface area contributed by atoms with Crippen molar-refractivity contribution in [2.24, 2.45) is 29.6 Å². The van der Waals surface area contributed by atoms with Crippen LogP contribution in [-0.2, 0) is 24.6 Å². The van der Waals surface area contributed by atoms with Crippen molar-refractivity contribution >= 4 is 35.0 Å². The molecule has 3 fully saturated rings. The summed E-state index contributed by atoms with van der Waals surface area (Å²) < 4.78 is 10.5. The van der Waals surface area contributed by atoms with E-state index in [9.17, 15) is 19.2 Å². The van der Waals surface area contributed by atoms with Crippen LogP contribution in [0.15, 0.2) is 91.0 Å². The van der Waals surface area contributed by atoms with E-state index in [0.29, 0.717) is 22.9 Å². The van der Waals surface area contributed by atoms with Crippen LogP contribution in [0.5, 0.6) is 11.5 Å². The highest BCUT2D eigenvalue weighted by atomic mass is 16.5. The topological polar surface area (TPSA) is 93.2 Å². The first kappa shape index (κ1) is 24.3. The zero-order valence-corrected chi connectivity index (χ0v) is 21.9. The van der Waals surface area contributed by atoms with Gasteiger partial charge in [0.05, 0.1) is 49.3 Å². The van der Waals surface area contributed by atoms with Crippen LogP contribution < -0.4 is 19.3 Å². The molecule has 4 amide bonds. The Balaban J connectivity index is 1.39. The number of methoxy groups -OCH3 is 2. The molecule has 0 radical (unpaired) electrons. The van der Waals surface area contributed by atoms with Crippen LogP contribution in [0.3, 0.4) is 0 Å². The van der Waals surface area contributed by atoms with E-state index in [1.165, 1.54) is 9.80 Å². The Morgan fingerprint density at radius 3 is 1.48 bits per heavy atom. The van der Waals surface area contributed by atoms with Crippen LogP contribution in [0.25, 0.3) is 0 Å². The van der Waals surface area contributed by atoms with Crippen LogP contribution >= 0.6 is 0 Å². The maximum Gasteiger partial charge on any atom is 0.238 e. The van der Waals surface area contributed by atoms with E-state index in [1.807, 2.05) is 42.5 Å². The summed E-state index contributed by atoms with van der Waals surface area (Å²) in [5.74, 6) is -3.99. The van der Waals surface area contributed by atoms with Gasteiger partial charge in [0.2, 0.25) is 23.6 Å². The van der Waals surface area contributed by atoms with Gasteiger partial charge in [0.15, 0.2) is 0 Å². The molecule has 2 saturated heterocycles. The van der Waals surface area contributed by atoms with Gasteiger partial charge in [0.1, 0.15) is 11.5 Å². The smallest absolute Gasteiger partial charge is 0.238 e. The van der Waals surface area contributed by atoms with Crippen molar-refractivity contribution in [2.45, 2.75) is 5.41 Å². The van der Waals surface area contributed by atoms with Crippen LogP contribution in [0.1, 0.15) is 5.56 Å². The summed E-state index contributed by atoms with van der Waals surface area (Å²) >= 11 is 0. The summed E-state index contributed by atoms with van der Waals surface area (Å²) in [5, 5.41) is 0. The number of amides is 4. The zero-order chi connectivity index (χ0) is 27.8. The van der Waals surface area contributed by atoms with Crippen LogP contribution in [-0.4, -0.2) is 37.8 Å². The molecule has 3 aliphatic carbocycles. The highest BCUT2D eigenvalue weighted by Gasteiger charge is 2.75. The lowest BCUT2D eigenvalue weighted by atomic mass is 9.45. The Hall–Kier alpha value is -4.72. The fourth-order valence-electron chi connectivity index (χ4n) is 7.45. The lowest BCUT2D eigenvalue weighted by Gasteiger charge is -2.53. The fourth-order valence-corrected chi connectivity index (χ4v) is 7.45. The monoisotopic (exact) mass is 534 g/mol. The summed E-state index contributed by atoms with van der Waals surface area (Å²) in [6.07, 6.45) is 3.81.